The lowest BCUT2D eigenvalue weighted by Crippen LogP contribution is -2.35. The van der Waals surface area contributed by atoms with E-state index in [1.807, 2.05) is 30.3 Å². The van der Waals surface area contributed by atoms with Crippen molar-refractivity contribution in [2.45, 2.75) is 0 Å². The number of amides is 2. The molecular weight excluding hydrogens is 288 g/mol. The normalized spacial score (nSPS) is 16.4. The zero-order valence-electron chi connectivity index (χ0n) is 10.9. The molecule has 21 heavy (non-hydrogen) atoms. The molecule has 3 rings (SSSR count). The molecular formula is C16H11ClN2O2. The van der Waals surface area contributed by atoms with E-state index in [1.165, 1.54) is 5.01 Å². The van der Waals surface area contributed by atoms with Gasteiger partial charge in [-0.1, -0.05) is 48.0 Å². The predicted molar refractivity (Wildman–Crippen MR) is 81.5 cm³/mol. The van der Waals surface area contributed by atoms with Crippen LogP contribution in [-0.2, 0) is 9.59 Å². The first kappa shape index (κ1) is 13.4. The number of anilines is 1. The highest BCUT2D eigenvalue weighted by Crippen LogP contribution is 2.23. The Labute approximate surface area is 126 Å². The summed E-state index contributed by atoms with van der Waals surface area (Å²) >= 11 is 5.91. The summed E-state index contributed by atoms with van der Waals surface area (Å²) in [5.41, 5.74) is 3.95. The van der Waals surface area contributed by atoms with E-state index in [0.29, 0.717) is 10.7 Å². The van der Waals surface area contributed by atoms with Crippen molar-refractivity contribution in [1.29, 1.82) is 0 Å². The van der Waals surface area contributed by atoms with E-state index in [2.05, 4.69) is 5.43 Å². The molecule has 2 aromatic rings. The number of hydrazine groups is 1. The molecule has 5 heteroatoms. The largest absolute Gasteiger partial charge is 0.282 e. The molecule has 2 aromatic carbocycles. The fourth-order valence-electron chi connectivity index (χ4n) is 2.07. The van der Waals surface area contributed by atoms with Crippen LogP contribution < -0.4 is 10.4 Å². The molecule has 0 atom stereocenters. The van der Waals surface area contributed by atoms with Crippen molar-refractivity contribution in [2.75, 3.05) is 5.01 Å². The summed E-state index contributed by atoms with van der Waals surface area (Å²) in [4.78, 5) is 24.3. The Morgan fingerprint density at radius 2 is 1.76 bits per heavy atom. The van der Waals surface area contributed by atoms with E-state index in [9.17, 15) is 9.59 Å². The molecule has 0 radical (unpaired) electrons. The molecule has 4 nitrogen and oxygen atoms in total. The minimum Gasteiger partial charge on any atom is -0.267 e. The molecule has 0 saturated carbocycles. The maximum Gasteiger partial charge on any atom is 0.282 e. The monoisotopic (exact) mass is 298 g/mol. The first-order valence-electron chi connectivity index (χ1n) is 6.33. The third-order valence-electron chi connectivity index (χ3n) is 3.07. The van der Waals surface area contributed by atoms with E-state index in [1.54, 1.807) is 30.3 Å². The number of hydrogen-bond acceptors (Lipinski definition) is 2. The maximum absolute atomic E-state index is 12.4. The molecule has 0 bridgehead atoms. The van der Waals surface area contributed by atoms with Crippen LogP contribution in [0.4, 0.5) is 5.69 Å². The van der Waals surface area contributed by atoms with Crippen molar-refractivity contribution in [3.63, 3.8) is 0 Å². The highest BCUT2D eigenvalue weighted by atomic mass is 35.5. The van der Waals surface area contributed by atoms with Crippen molar-refractivity contribution < 1.29 is 9.59 Å². The number of carbonyl (C=O) groups excluding carboxylic acids is 2. The van der Waals surface area contributed by atoms with Gasteiger partial charge in [0.05, 0.1) is 5.69 Å². The smallest absolute Gasteiger partial charge is 0.267 e. The second-order valence-electron chi connectivity index (χ2n) is 4.53. The van der Waals surface area contributed by atoms with E-state index >= 15 is 0 Å². The van der Waals surface area contributed by atoms with Crippen LogP contribution in [0.25, 0.3) is 6.08 Å². The maximum atomic E-state index is 12.4. The molecule has 2 amide bonds. The van der Waals surface area contributed by atoms with Gasteiger partial charge in [-0.25, -0.2) is 5.01 Å². The van der Waals surface area contributed by atoms with Gasteiger partial charge in [0.15, 0.2) is 0 Å². The Morgan fingerprint density at radius 1 is 1.00 bits per heavy atom. The Balaban J connectivity index is 1.94. The van der Waals surface area contributed by atoms with Crippen molar-refractivity contribution >= 4 is 35.2 Å². The Hall–Kier alpha value is -2.59. The molecule has 1 aliphatic heterocycles. The number of carbonyl (C=O) groups is 2. The van der Waals surface area contributed by atoms with Gasteiger partial charge in [0.1, 0.15) is 5.57 Å². The van der Waals surface area contributed by atoms with Crippen LogP contribution >= 0.6 is 11.6 Å². The SMILES string of the molecule is O=C1NN(c2cccc(Cl)c2)C(=O)C1=Cc1ccccc1. The number of rotatable bonds is 2. The summed E-state index contributed by atoms with van der Waals surface area (Å²) in [5, 5.41) is 1.69. The van der Waals surface area contributed by atoms with Crippen molar-refractivity contribution in [1.82, 2.24) is 5.43 Å². The molecule has 1 heterocycles. The Kier molecular flexibility index (Phi) is 3.46. The first-order chi connectivity index (χ1) is 10.1. The molecule has 0 unspecified atom stereocenters. The number of nitrogens with zero attached hydrogens (tertiary/aromatic N) is 1. The molecule has 104 valence electrons. The molecule has 0 aliphatic carbocycles. The average Bonchev–Trinajstić information content (AvgIpc) is 2.76. The van der Waals surface area contributed by atoms with Crippen molar-refractivity contribution in [3.8, 4) is 0 Å². The Bertz CT molecular complexity index is 741. The lowest BCUT2D eigenvalue weighted by molar-refractivity contribution is -0.117. The first-order valence-corrected chi connectivity index (χ1v) is 6.71. The zero-order valence-corrected chi connectivity index (χ0v) is 11.7. The summed E-state index contributed by atoms with van der Waals surface area (Å²) in [6, 6.07) is 16.0. The summed E-state index contributed by atoms with van der Waals surface area (Å²) in [6.07, 6.45) is 1.57. The third kappa shape index (κ3) is 2.66. The zero-order chi connectivity index (χ0) is 14.8. The van der Waals surface area contributed by atoms with Crippen LogP contribution in [0.15, 0.2) is 60.2 Å². The van der Waals surface area contributed by atoms with Crippen LogP contribution in [-0.4, -0.2) is 11.8 Å². The van der Waals surface area contributed by atoms with Crippen LogP contribution in [0.1, 0.15) is 5.56 Å². The number of nitrogens with one attached hydrogen (secondary N) is 1. The molecule has 1 fully saturated rings. The number of hydrogen-bond donors (Lipinski definition) is 1. The quantitative estimate of drug-likeness (QED) is 0.684. The van der Waals surface area contributed by atoms with Gasteiger partial charge in [-0.05, 0) is 29.8 Å². The highest BCUT2D eigenvalue weighted by molar-refractivity contribution is 6.33. The van der Waals surface area contributed by atoms with E-state index in [-0.39, 0.29) is 5.57 Å². The second kappa shape index (κ2) is 5.42. The van der Waals surface area contributed by atoms with Gasteiger partial charge < -0.3 is 0 Å². The van der Waals surface area contributed by atoms with Gasteiger partial charge in [0.25, 0.3) is 11.8 Å². The van der Waals surface area contributed by atoms with Crippen LogP contribution in [0.2, 0.25) is 5.02 Å². The number of benzene rings is 2. The molecule has 1 saturated heterocycles. The minimum absolute atomic E-state index is 0.0983. The van der Waals surface area contributed by atoms with Crippen molar-refractivity contribution in [3.05, 3.63) is 70.8 Å². The standard InChI is InChI=1S/C16H11ClN2O2/c17-12-7-4-8-13(10-12)19-16(21)14(15(20)18-19)9-11-5-2-1-3-6-11/h1-10H,(H,18,20). The molecule has 1 N–H and O–H groups in total. The summed E-state index contributed by atoms with van der Waals surface area (Å²) in [6.45, 7) is 0. The second-order valence-corrected chi connectivity index (χ2v) is 4.97. The summed E-state index contributed by atoms with van der Waals surface area (Å²) in [7, 11) is 0. The van der Waals surface area contributed by atoms with Gasteiger partial charge in [-0.15, -0.1) is 0 Å². The van der Waals surface area contributed by atoms with Crippen molar-refractivity contribution in [2.24, 2.45) is 0 Å². The third-order valence-corrected chi connectivity index (χ3v) is 3.30. The highest BCUT2D eigenvalue weighted by Gasteiger charge is 2.34. The number of halogens is 1. The van der Waals surface area contributed by atoms with Gasteiger partial charge in [0, 0.05) is 5.02 Å². The molecule has 1 aliphatic rings. The Morgan fingerprint density at radius 3 is 2.48 bits per heavy atom. The van der Waals surface area contributed by atoms with Gasteiger partial charge in [-0.2, -0.15) is 0 Å². The van der Waals surface area contributed by atoms with Crippen LogP contribution in [0.3, 0.4) is 0 Å². The fourth-order valence-corrected chi connectivity index (χ4v) is 2.25. The van der Waals surface area contributed by atoms with Crippen LogP contribution in [0, 0.1) is 0 Å². The van der Waals surface area contributed by atoms with E-state index in [0.717, 1.165) is 5.56 Å². The van der Waals surface area contributed by atoms with Gasteiger partial charge in [-0.3, -0.25) is 15.0 Å². The summed E-state index contributed by atoms with van der Waals surface area (Å²) in [5.74, 6) is -0.824. The van der Waals surface area contributed by atoms with E-state index in [4.69, 9.17) is 11.6 Å². The van der Waals surface area contributed by atoms with Gasteiger partial charge in [0.2, 0.25) is 0 Å². The summed E-state index contributed by atoms with van der Waals surface area (Å²) < 4.78 is 0. The topological polar surface area (TPSA) is 49.4 Å². The lowest BCUT2D eigenvalue weighted by Gasteiger charge is -2.14. The minimum atomic E-state index is -0.427. The molecule has 0 spiro atoms. The lowest BCUT2D eigenvalue weighted by atomic mass is 10.1. The average molecular weight is 299 g/mol. The predicted octanol–water partition coefficient (Wildman–Crippen LogP) is 2.80. The fraction of sp³-hybridized carbons (Fsp3) is 0. The van der Waals surface area contributed by atoms with Crippen LogP contribution in [0.5, 0.6) is 0 Å². The van der Waals surface area contributed by atoms with Gasteiger partial charge >= 0.3 is 0 Å². The van der Waals surface area contributed by atoms with E-state index < -0.39 is 11.8 Å². The molecule has 0 aromatic heterocycles.